The minimum absolute atomic E-state index is 0.0214. The lowest BCUT2D eigenvalue weighted by molar-refractivity contribution is 0.274. The van der Waals surface area contributed by atoms with Crippen LogP contribution < -0.4 is 4.72 Å². The molecule has 0 unspecified atom stereocenters. The zero-order valence-electron chi connectivity index (χ0n) is 14.8. The van der Waals surface area contributed by atoms with Crippen LogP contribution >= 0.6 is 23.2 Å². The van der Waals surface area contributed by atoms with Gasteiger partial charge in [-0.2, -0.15) is 4.31 Å². The molecule has 1 aliphatic heterocycles. The fraction of sp³-hybridized carbons (Fsp3) is 0.353. The molecule has 7 nitrogen and oxygen atoms in total. The number of aromatic nitrogens is 1. The summed E-state index contributed by atoms with van der Waals surface area (Å²) in [6, 6.07) is 7.34. The largest absolute Gasteiger partial charge is 0.263 e. The van der Waals surface area contributed by atoms with E-state index < -0.39 is 20.0 Å². The van der Waals surface area contributed by atoms with Gasteiger partial charge in [0.1, 0.15) is 9.79 Å². The summed E-state index contributed by atoms with van der Waals surface area (Å²) >= 11 is 11.8. The van der Waals surface area contributed by atoms with Gasteiger partial charge in [-0.25, -0.2) is 21.6 Å². The third-order valence-corrected chi connectivity index (χ3v) is 8.61. The second-order valence-electron chi connectivity index (χ2n) is 6.46. The van der Waals surface area contributed by atoms with Gasteiger partial charge in [-0.1, -0.05) is 23.2 Å². The fourth-order valence-electron chi connectivity index (χ4n) is 2.99. The zero-order valence-corrected chi connectivity index (χ0v) is 17.9. The highest BCUT2D eigenvalue weighted by molar-refractivity contribution is 7.89. The van der Waals surface area contributed by atoms with Gasteiger partial charge < -0.3 is 0 Å². The summed E-state index contributed by atoms with van der Waals surface area (Å²) in [5.41, 5.74) is 0. The Labute approximate surface area is 174 Å². The molecule has 0 saturated carbocycles. The molecule has 1 N–H and O–H groups in total. The molecular formula is C17H19Cl2N3O4S2. The van der Waals surface area contributed by atoms with E-state index in [-0.39, 0.29) is 32.3 Å². The Morgan fingerprint density at radius 2 is 1.82 bits per heavy atom. The number of hydrogen-bond donors (Lipinski definition) is 1. The van der Waals surface area contributed by atoms with Crippen molar-refractivity contribution in [3.63, 3.8) is 0 Å². The van der Waals surface area contributed by atoms with Gasteiger partial charge in [0.25, 0.3) is 0 Å². The number of halogens is 2. The maximum atomic E-state index is 12.6. The summed E-state index contributed by atoms with van der Waals surface area (Å²) in [6.07, 6.45) is 3.93. The van der Waals surface area contributed by atoms with Gasteiger partial charge in [-0.05, 0) is 49.1 Å². The minimum atomic E-state index is -3.80. The Kier molecular flexibility index (Phi) is 6.63. The number of nitrogens with one attached hydrogen (secondary N) is 1. The maximum Gasteiger partial charge on any atom is 0.244 e. The van der Waals surface area contributed by atoms with Crippen LogP contribution in [0.25, 0.3) is 0 Å². The van der Waals surface area contributed by atoms with Crippen LogP contribution in [-0.4, -0.2) is 45.8 Å². The van der Waals surface area contributed by atoms with Gasteiger partial charge >= 0.3 is 0 Å². The Morgan fingerprint density at radius 1 is 1.11 bits per heavy atom. The average Bonchev–Trinajstić information content (AvgIpc) is 2.69. The molecular weight excluding hydrogens is 445 g/mol. The van der Waals surface area contributed by atoms with Crippen LogP contribution in [-0.2, 0) is 20.0 Å². The van der Waals surface area contributed by atoms with Gasteiger partial charge in [0, 0.05) is 37.1 Å². The topological polar surface area (TPSA) is 96.4 Å². The summed E-state index contributed by atoms with van der Waals surface area (Å²) < 4.78 is 54.2. The number of piperidine rings is 1. The third-order valence-electron chi connectivity index (χ3n) is 4.59. The van der Waals surface area contributed by atoms with Crippen LogP contribution in [0.3, 0.4) is 0 Å². The molecule has 28 heavy (non-hydrogen) atoms. The molecule has 0 aliphatic carbocycles. The molecule has 0 bridgehead atoms. The van der Waals surface area contributed by atoms with E-state index in [1.807, 2.05) is 0 Å². The SMILES string of the molecule is O=S(=O)(NCC1CCN(S(=O)(=O)c2cccnc2)CC1)c1cc(Cl)ccc1Cl. The Morgan fingerprint density at radius 3 is 2.46 bits per heavy atom. The maximum absolute atomic E-state index is 12.6. The van der Waals surface area contributed by atoms with Crippen molar-refractivity contribution in [2.45, 2.75) is 22.6 Å². The van der Waals surface area contributed by atoms with Crippen molar-refractivity contribution in [1.29, 1.82) is 0 Å². The van der Waals surface area contributed by atoms with E-state index in [1.165, 1.54) is 41.0 Å². The Hall–Kier alpha value is -1.23. The van der Waals surface area contributed by atoms with Crippen molar-refractivity contribution >= 4 is 43.2 Å². The fourth-order valence-corrected chi connectivity index (χ4v) is 6.30. The highest BCUT2D eigenvalue weighted by atomic mass is 35.5. The predicted molar refractivity (Wildman–Crippen MR) is 107 cm³/mol. The first-order valence-corrected chi connectivity index (χ1v) is 12.2. The normalized spacial score (nSPS) is 16.9. The Bertz CT molecular complexity index is 1040. The van der Waals surface area contributed by atoms with Gasteiger partial charge in [0.15, 0.2) is 0 Å². The van der Waals surface area contributed by atoms with Crippen molar-refractivity contribution in [2.24, 2.45) is 5.92 Å². The molecule has 1 aromatic heterocycles. The molecule has 152 valence electrons. The van der Waals surface area contributed by atoms with E-state index in [1.54, 1.807) is 6.07 Å². The van der Waals surface area contributed by atoms with Crippen molar-refractivity contribution in [3.05, 3.63) is 52.8 Å². The van der Waals surface area contributed by atoms with E-state index in [0.29, 0.717) is 25.9 Å². The van der Waals surface area contributed by atoms with Crippen molar-refractivity contribution in [2.75, 3.05) is 19.6 Å². The van der Waals surface area contributed by atoms with E-state index in [0.717, 1.165) is 0 Å². The van der Waals surface area contributed by atoms with Gasteiger partial charge in [-0.3, -0.25) is 4.98 Å². The lowest BCUT2D eigenvalue weighted by Gasteiger charge is -2.31. The first kappa shape index (κ1) is 21.5. The Balaban J connectivity index is 1.60. The smallest absolute Gasteiger partial charge is 0.244 e. The second-order valence-corrected chi connectivity index (χ2v) is 11.0. The van der Waals surface area contributed by atoms with Crippen LogP contribution in [0.5, 0.6) is 0 Å². The lowest BCUT2D eigenvalue weighted by atomic mass is 9.99. The van der Waals surface area contributed by atoms with Gasteiger partial charge in [0.2, 0.25) is 20.0 Å². The van der Waals surface area contributed by atoms with E-state index in [2.05, 4.69) is 9.71 Å². The number of nitrogens with zero attached hydrogens (tertiary/aromatic N) is 2. The van der Waals surface area contributed by atoms with E-state index in [9.17, 15) is 16.8 Å². The summed E-state index contributed by atoms with van der Waals surface area (Å²) in [6.45, 7) is 0.842. The molecule has 0 amide bonds. The molecule has 3 rings (SSSR count). The molecule has 1 saturated heterocycles. The molecule has 2 aromatic rings. The first-order valence-electron chi connectivity index (χ1n) is 8.55. The van der Waals surface area contributed by atoms with Crippen molar-refractivity contribution in [3.8, 4) is 0 Å². The zero-order chi connectivity index (χ0) is 20.4. The monoisotopic (exact) mass is 463 g/mol. The van der Waals surface area contributed by atoms with Crippen LogP contribution in [0.4, 0.5) is 0 Å². The molecule has 1 fully saturated rings. The molecule has 1 aliphatic rings. The highest BCUT2D eigenvalue weighted by Gasteiger charge is 2.30. The second kappa shape index (κ2) is 8.64. The van der Waals surface area contributed by atoms with E-state index >= 15 is 0 Å². The van der Waals surface area contributed by atoms with Crippen LogP contribution in [0.15, 0.2) is 52.5 Å². The van der Waals surface area contributed by atoms with Gasteiger partial charge in [-0.15, -0.1) is 0 Å². The number of hydrogen-bond acceptors (Lipinski definition) is 5. The number of pyridine rings is 1. The van der Waals surface area contributed by atoms with Crippen LogP contribution in [0.1, 0.15) is 12.8 Å². The standard InChI is InChI=1S/C17H19Cl2N3O4S2/c18-14-3-4-16(19)17(10-14)27(23,24)21-11-13-5-8-22(9-6-13)28(25,26)15-2-1-7-20-12-15/h1-4,7,10,12-13,21H,5-6,8-9,11H2. The number of rotatable bonds is 6. The summed E-state index contributed by atoms with van der Waals surface area (Å²) in [7, 11) is -7.39. The van der Waals surface area contributed by atoms with Gasteiger partial charge in [0.05, 0.1) is 5.02 Å². The molecule has 0 spiro atoms. The molecule has 11 heteroatoms. The molecule has 2 heterocycles. The van der Waals surface area contributed by atoms with Crippen LogP contribution in [0, 0.1) is 5.92 Å². The minimum Gasteiger partial charge on any atom is -0.263 e. The number of sulfonamides is 2. The average molecular weight is 464 g/mol. The lowest BCUT2D eigenvalue weighted by Crippen LogP contribution is -2.41. The quantitative estimate of drug-likeness (QED) is 0.709. The van der Waals surface area contributed by atoms with Crippen molar-refractivity contribution < 1.29 is 16.8 Å². The molecule has 0 atom stereocenters. The van der Waals surface area contributed by atoms with Crippen molar-refractivity contribution in [1.82, 2.24) is 14.0 Å². The first-order chi connectivity index (χ1) is 13.2. The molecule has 0 radical (unpaired) electrons. The van der Waals surface area contributed by atoms with Crippen LogP contribution in [0.2, 0.25) is 10.0 Å². The summed E-state index contributed by atoms with van der Waals surface area (Å²) in [5.74, 6) is 0.0214. The summed E-state index contributed by atoms with van der Waals surface area (Å²) in [5, 5.41) is 0.368. The molecule has 1 aromatic carbocycles. The summed E-state index contributed by atoms with van der Waals surface area (Å²) in [4.78, 5) is 3.94. The van der Waals surface area contributed by atoms with E-state index in [4.69, 9.17) is 23.2 Å². The third kappa shape index (κ3) is 4.84. The highest BCUT2D eigenvalue weighted by Crippen LogP contribution is 2.26. The predicted octanol–water partition coefficient (Wildman–Crippen LogP) is 2.77. The number of benzene rings is 1.